The fourth-order valence-corrected chi connectivity index (χ4v) is 2.87. The number of benzene rings is 1. The SMILES string of the molecule is CCc1cc(CC(=O)c2ccccc2)c(NC)s1. The molecular weight excluding hydrogens is 242 g/mol. The maximum absolute atomic E-state index is 12.2. The van der Waals surface area contributed by atoms with Gasteiger partial charge in [0.05, 0.1) is 5.00 Å². The molecule has 18 heavy (non-hydrogen) atoms. The van der Waals surface area contributed by atoms with Crippen LogP contribution in [-0.4, -0.2) is 12.8 Å². The standard InChI is InChI=1S/C15H17NOS/c1-3-13-9-12(15(16-2)18-13)10-14(17)11-7-5-4-6-8-11/h4-9,16H,3,10H2,1-2H3. The van der Waals surface area contributed by atoms with Crippen molar-refractivity contribution in [3.8, 4) is 0 Å². The number of ketones is 1. The number of hydrogen-bond acceptors (Lipinski definition) is 3. The first-order valence-corrected chi connectivity index (χ1v) is 6.93. The van der Waals surface area contributed by atoms with E-state index < -0.39 is 0 Å². The Bertz CT molecular complexity index is 531. The quantitative estimate of drug-likeness (QED) is 0.828. The molecule has 1 heterocycles. The zero-order valence-corrected chi connectivity index (χ0v) is 11.5. The van der Waals surface area contributed by atoms with Gasteiger partial charge >= 0.3 is 0 Å². The van der Waals surface area contributed by atoms with Crippen molar-refractivity contribution >= 4 is 22.1 Å². The minimum absolute atomic E-state index is 0.174. The van der Waals surface area contributed by atoms with E-state index >= 15 is 0 Å². The fraction of sp³-hybridized carbons (Fsp3) is 0.267. The largest absolute Gasteiger partial charge is 0.380 e. The Balaban J connectivity index is 2.19. The molecule has 2 nitrogen and oxygen atoms in total. The van der Waals surface area contributed by atoms with Gasteiger partial charge in [-0.3, -0.25) is 4.79 Å². The number of anilines is 1. The summed E-state index contributed by atoms with van der Waals surface area (Å²) in [4.78, 5) is 13.5. The summed E-state index contributed by atoms with van der Waals surface area (Å²) in [5.41, 5.74) is 1.89. The first-order chi connectivity index (χ1) is 8.74. The van der Waals surface area contributed by atoms with Crippen molar-refractivity contribution in [2.75, 3.05) is 12.4 Å². The third kappa shape index (κ3) is 2.79. The van der Waals surface area contributed by atoms with Crippen LogP contribution in [-0.2, 0) is 12.8 Å². The van der Waals surface area contributed by atoms with E-state index in [1.165, 1.54) is 4.88 Å². The summed E-state index contributed by atoms with van der Waals surface area (Å²) in [6.45, 7) is 2.13. The Kier molecular flexibility index (Phi) is 4.15. The van der Waals surface area contributed by atoms with E-state index in [9.17, 15) is 4.79 Å². The molecule has 0 atom stereocenters. The van der Waals surface area contributed by atoms with E-state index in [-0.39, 0.29) is 5.78 Å². The van der Waals surface area contributed by atoms with Gasteiger partial charge in [0.1, 0.15) is 0 Å². The third-order valence-corrected chi connectivity index (χ3v) is 4.22. The number of thiophene rings is 1. The molecule has 0 unspecified atom stereocenters. The lowest BCUT2D eigenvalue weighted by Gasteiger charge is -2.02. The van der Waals surface area contributed by atoms with Crippen LogP contribution in [0.5, 0.6) is 0 Å². The molecule has 0 fully saturated rings. The van der Waals surface area contributed by atoms with Gasteiger partial charge in [-0.2, -0.15) is 0 Å². The van der Waals surface area contributed by atoms with Crippen LogP contribution in [0.25, 0.3) is 0 Å². The van der Waals surface area contributed by atoms with Crippen molar-refractivity contribution in [1.82, 2.24) is 0 Å². The molecule has 0 saturated heterocycles. The van der Waals surface area contributed by atoms with Gasteiger partial charge in [0.25, 0.3) is 0 Å². The maximum Gasteiger partial charge on any atom is 0.167 e. The average molecular weight is 259 g/mol. The molecule has 0 saturated carbocycles. The molecule has 0 aliphatic rings. The second-order valence-electron chi connectivity index (χ2n) is 4.14. The number of hydrogen-bond donors (Lipinski definition) is 1. The van der Waals surface area contributed by atoms with Crippen LogP contribution in [0, 0.1) is 0 Å². The van der Waals surface area contributed by atoms with Crippen molar-refractivity contribution < 1.29 is 4.79 Å². The summed E-state index contributed by atoms with van der Waals surface area (Å²) >= 11 is 1.73. The molecule has 1 aromatic carbocycles. The summed E-state index contributed by atoms with van der Waals surface area (Å²) in [6, 6.07) is 11.6. The van der Waals surface area contributed by atoms with E-state index in [4.69, 9.17) is 0 Å². The Morgan fingerprint density at radius 1 is 1.28 bits per heavy atom. The molecule has 1 aromatic heterocycles. The second-order valence-corrected chi connectivity index (χ2v) is 5.27. The molecule has 1 N–H and O–H groups in total. The summed E-state index contributed by atoms with van der Waals surface area (Å²) < 4.78 is 0. The highest BCUT2D eigenvalue weighted by molar-refractivity contribution is 7.16. The molecule has 0 bridgehead atoms. The molecule has 2 rings (SSSR count). The highest BCUT2D eigenvalue weighted by Crippen LogP contribution is 2.29. The van der Waals surface area contributed by atoms with Crippen LogP contribution in [0.3, 0.4) is 0 Å². The number of nitrogens with one attached hydrogen (secondary N) is 1. The van der Waals surface area contributed by atoms with Crippen LogP contribution >= 0.6 is 11.3 Å². The van der Waals surface area contributed by atoms with Gasteiger partial charge in [-0.15, -0.1) is 11.3 Å². The zero-order valence-electron chi connectivity index (χ0n) is 10.7. The van der Waals surface area contributed by atoms with E-state index in [0.29, 0.717) is 6.42 Å². The van der Waals surface area contributed by atoms with Crippen LogP contribution < -0.4 is 5.32 Å². The number of aryl methyl sites for hydroxylation is 1. The summed E-state index contributed by atoms with van der Waals surface area (Å²) in [7, 11) is 1.90. The first kappa shape index (κ1) is 12.8. The second kappa shape index (κ2) is 5.83. The van der Waals surface area contributed by atoms with Gasteiger partial charge in [0.15, 0.2) is 5.78 Å². The molecule has 0 radical (unpaired) electrons. The highest BCUT2D eigenvalue weighted by Gasteiger charge is 2.12. The van der Waals surface area contributed by atoms with Crippen molar-refractivity contribution in [3.05, 3.63) is 52.4 Å². The fourth-order valence-electron chi connectivity index (χ4n) is 1.90. The maximum atomic E-state index is 12.2. The first-order valence-electron chi connectivity index (χ1n) is 6.12. The molecule has 0 spiro atoms. The Morgan fingerprint density at radius 3 is 2.61 bits per heavy atom. The van der Waals surface area contributed by atoms with Gasteiger partial charge in [0.2, 0.25) is 0 Å². The minimum Gasteiger partial charge on any atom is -0.380 e. The molecule has 0 aliphatic heterocycles. The zero-order chi connectivity index (χ0) is 13.0. The van der Waals surface area contributed by atoms with Crippen LogP contribution in [0.15, 0.2) is 36.4 Å². The number of Topliss-reactive ketones (excluding diaryl/α,β-unsaturated/α-hetero) is 1. The normalized spacial score (nSPS) is 10.3. The Morgan fingerprint density at radius 2 is 2.00 bits per heavy atom. The Hall–Kier alpha value is -1.61. The molecular formula is C15H17NOS. The topological polar surface area (TPSA) is 29.1 Å². The Labute approximate surface area is 112 Å². The molecule has 3 heteroatoms. The van der Waals surface area contributed by atoms with Crippen molar-refractivity contribution in [2.24, 2.45) is 0 Å². The van der Waals surface area contributed by atoms with Gasteiger partial charge in [0, 0.05) is 23.9 Å². The summed E-state index contributed by atoms with van der Waals surface area (Å²) in [5.74, 6) is 0.174. The van der Waals surface area contributed by atoms with Gasteiger partial charge in [-0.05, 0) is 18.1 Å². The molecule has 2 aromatic rings. The van der Waals surface area contributed by atoms with Crippen molar-refractivity contribution in [1.29, 1.82) is 0 Å². The van der Waals surface area contributed by atoms with Crippen LogP contribution in [0.1, 0.15) is 27.7 Å². The predicted molar refractivity (Wildman–Crippen MR) is 77.7 cm³/mol. The summed E-state index contributed by atoms with van der Waals surface area (Å²) in [6.07, 6.45) is 1.48. The van der Waals surface area contributed by atoms with Crippen LogP contribution in [0.4, 0.5) is 5.00 Å². The molecule has 0 amide bonds. The van der Waals surface area contributed by atoms with E-state index in [1.807, 2.05) is 37.4 Å². The minimum atomic E-state index is 0.174. The highest BCUT2D eigenvalue weighted by atomic mass is 32.1. The monoisotopic (exact) mass is 259 g/mol. The lowest BCUT2D eigenvalue weighted by atomic mass is 10.0. The van der Waals surface area contributed by atoms with E-state index in [2.05, 4.69) is 18.3 Å². The van der Waals surface area contributed by atoms with Gasteiger partial charge in [-0.1, -0.05) is 37.3 Å². The smallest absolute Gasteiger partial charge is 0.167 e. The number of rotatable bonds is 5. The number of carbonyl (C=O) groups is 1. The van der Waals surface area contributed by atoms with E-state index in [1.54, 1.807) is 11.3 Å². The average Bonchev–Trinajstić information content (AvgIpc) is 2.82. The van der Waals surface area contributed by atoms with Gasteiger partial charge in [-0.25, -0.2) is 0 Å². The lowest BCUT2D eigenvalue weighted by molar-refractivity contribution is 0.0993. The molecule has 94 valence electrons. The van der Waals surface area contributed by atoms with E-state index in [0.717, 1.165) is 22.5 Å². The number of carbonyl (C=O) groups excluding carboxylic acids is 1. The van der Waals surface area contributed by atoms with Crippen molar-refractivity contribution in [3.63, 3.8) is 0 Å². The van der Waals surface area contributed by atoms with Crippen molar-refractivity contribution in [2.45, 2.75) is 19.8 Å². The van der Waals surface area contributed by atoms with Crippen LogP contribution in [0.2, 0.25) is 0 Å². The lowest BCUT2D eigenvalue weighted by Crippen LogP contribution is -2.04. The predicted octanol–water partition coefficient (Wildman–Crippen LogP) is 3.78. The van der Waals surface area contributed by atoms with Gasteiger partial charge < -0.3 is 5.32 Å². The molecule has 0 aliphatic carbocycles. The third-order valence-electron chi connectivity index (χ3n) is 2.88. The summed E-state index contributed by atoms with van der Waals surface area (Å²) in [5, 5.41) is 4.28.